The van der Waals surface area contributed by atoms with Crippen molar-refractivity contribution in [1.29, 1.82) is 0 Å². The number of nitrogens with one attached hydrogen (secondary N) is 2. The number of benzene rings is 1. The quantitative estimate of drug-likeness (QED) is 0.175. The number of hydrogen-bond donors (Lipinski definition) is 2. The first-order valence-corrected chi connectivity index (χ1v) is 14.1. The molecule has 1 aliphatic carbocycles. The number of thioether (sulfide) groups is 1. The lowest BCUT2D eigenvalue weighted by atomic mass is 10.1. The van der Waals surface area contributed by atoms with Crippen LogP contribution >= 0.6 is 23.1 Å². The maximum atomic E-state index is 13.0. The summed E-state index contributed by atoms with van der Waals surface area (Å²) in [6, 6.07) is 8.08. The number of amides is 1. The molecule has 3 heterocycles. The molecule has 3 aromatic heterocycles. The summed E-state index contributed by atoms with van der Waals surface area (Å²) in [7, 11) is 0. The monoisotopic (exact) mass is 523 g/mol. The Morgan fingerprint density at radius 3 is 2.83 bits per heavy atom. The van der Waals surface area contributed by atoms with Crippen LogP contribution < -0.4 is 5.32 Å². The van der Waals surface area contributed by atoms with Crippen molar-refractivity contribution in [3.05, 3.63) is 46.5 Å². The highest BCUT2D eigenvalue weighted by molar-refractivity contribution is 7.99. The van der Waals surface area contributed by atoms with Gasteiger partial charge in [0, 0.05) is 34.1 Å². The summed E-state index contributed by atoms with van der Waals surface area (Å²) in [5.74, 6) is 0.399. The minimum Gasteiger partial charge on any atom is -0.462 e. The van der Waals surface area contributed by atoms with E-state index in [1.165, 1.54) is 28.0 Å². The van der Waals surface area contributed by atoms with Crippen LogP contribution in [0.4, 0.5) is 5.00 Å². The minimum atomic E-state index is -0.353. The second-order valence-corrected chi connectivity index (χ2v) is 10.7. The maximum absolute atomic E-state index is 13.0. The number of carbonyl (C=O) groups excluding carboxylic acids is 2. The van der Waals surface area contributed by atoms with E-state index in [0.29, 0.717) is 28.9 Å². The van der Waals surface area contributed by atoms with E-state index < -0.39 is 0 Å². The van der Waals surface area contributed by atoms with Gasteiger partial charge in [-0.15, -0.1) is 21.5 Å². The fraction of sp³-hybridized carbons (Fsp3) is 0.385. The molecule has 8 nitrogen and oxygen atoms in total. The summed E-state index contributed by atoms with van der Waals surface area (Å²) in [4.78, 5) is 30.2. The van der Waals surface area contributed by atoms with Crippen LogP contribution in [-0.4, -0.2) is 44.0 Å². The number of aromatic amines is 1. The number of para-hydroxylation sites is 1. The molecule has 0 radical (unpaired) electrons. The molecule has 1 aliphatic rings. The highest BCUT2D eigenvalue weighted by Crippen LogP contribution is 2.38. The van der Waals surface area contributed by atoms with E-state index in [1.54, 1.807) is 6.92 Å². The van der Waals surface area contributed by atoms with Gasteiger partial charge < -0.3 is 19.6 Å². The van der Waals surface area contributed by atoms with Crippen LogP contribution in [0.2, 0.25) is 0 Å². The predicted octanol–water partition coefficient (Wildman–Crippen LogP) is 5.68. The molecule has 0 bridgehead atoms. The van der Waals surface area contributed by atoms with Crippen LogP contribution in [0.25, 0.3) is 22.3 Å². The highest BCUT2D eigenvalue weighted by Gasteiger charge is 2.27. The Balaban J connectivity index is 1.33. The van der Waals surface area contributed by atoms with E-state index in [1.807, 2.05) is 35.9 Å². The highest BCUT2D eigenvalue weighted by atomic mass is 32.2. The van der Waals surface area contributed by atoms with Crippen LogP contribution in [0.5, 0.6) is 0 Å². The lowest BCUT2D eigenvalue weighted by Gasteiger charge is -2.09. The van der Waals surface area contributed by atoms with E-state index >= 15 is 0 Å². The molecule has 5 rings (SSSR count). The molecular weight excluding hydrogens is 494 g/mol. The third-order valence-corrected chi connectivity index (χ3v) is 8.52. The smallest absolute Gasteiger partial charge is 0.341 e. The van der Waals surface area contributed by atoms with Crippen LogP contribution in [0.3, 0.4) is 0 Å². The van der Waals surface area contributed by atoms with Gasteiger partial charge in [-0.2, -0.15) is 0 Å². The first-order chi connectivity index (χ1) is 17.6. The Morgan fingerprint density at radius 2 is 2.00 bits per heavy atom. The van der Waals surface area contributed by atoms with Crippen molar-refractivity contribution in [2.75, 3.05) is 17.7 Å². The zero-order chi connectivity index (χ0) is 25.1. The number of esters is 1. The van der Waals surface area contributed by atoms with Gasteiger partial charge in [0.05, 0.1) is 17.9 Å². The topological polar surface area (TPSA) is 102 Å². The molecule has 4 aromatic rings. The second-order valence-electron chi connectivity index (χ2n) is 8.62. The van der Waals surface area contributed by atoms with Gasteiger partial charge in [-0.3, -0.25) is 4.79 Å². The molecule has 10 heteroatoms. The molecule has 2 N–H and O–H groups in total. The molecule has 1 aromatic carbocycles. The van der Waals surface area contributed by atoms with Gasteiger partial charge >= 0.3 is 5.97 Å². The van der Waals surface area contributed by atoms with Crippen molar-refractivity contribution in [2.24, 2.45) is 0 Å². The van der Waals surface area contributed by atoms with Crippen LogP contribution in [0.1, 0.15) is 53.9 Å². The normalized spacial score (nSPS) is 13.4. The average molecular weight is 524 g/mol. The molecule has 36 heavy (non-hydrogen) atoms. The summed E-state index contributed by atoms with van der Waals surface area (Å²) in [6.45, 7) is 4.82. The molecule has 0 aliphatic heterocycles. The summed E-state index contributed by atoms with van der Waals surface area (Å²) in [6.07, 6.45) is 7.03. The van der Waals surface area contributed by atoms with Gasteiger partial charge in [-0.1, -0.05) is 36.4 Å². The van der Waals surface area contributed by atoms with Crippen LogP contribution in [0.15, 0.2) is 35.6 Å². The zero-order valence-electron chi connectivity index (χ0n) is 20.4. The fourth-order valence-corrected chi connectivity index (χ4v) is 6.77. The number of hydrogen-bond acceptors (Lipinski definition) is 7. The summed E-state index contributed by atoms with van der Waals surface area (Å²) in [5, 5.41) is 14.2. The molecule has 0 saturated heterocycles. The summed E-state index contributed by atoms with van der Waals surface area (Å²) in [5.41, 5.74) is 3.61. The molecule has 188 valence electrons. The summed E-state index contributed by atoms with van der Waals surface area (Å²) >= 11 is 2.85. The van der Waals surface area contributed by atoms with Gasteiger partial charge in [0.1, 0.15) is 5.00 Å². The number of carbonyl (C=O) groups is 2. The maximum Gasteiger partial charge on any atom is 0.341 e. The van der Waals surface area contributed by atoms with E-state index in [4.69, 9.17) is 4.74 Å². The van der Waals surface area contributed by atoms with Gasteiger partial charge in [-0.25, -0.2) is 4.79 Å². The van der Waals surface area contributed by atoms with Crippen LogP contribution in [-0.2, 0) is 28.9 Å². The number of aryl methyl sites for hydroxylation is 1. The largest absolute Gasteiger partial charge is 0.462 e. The van der Waals surface area contributed by atoms with Crippen LogP contribution in [0, 0.1) is 0 Å². The van der Waals surface area contributed by atoms with Crippen molar-refractivity contribution in [2.45, 2.75) is 57.7 Å². The number of ether oxygens (including phenoxy) is 1. The third-order valence-electron chi connectivity index (χ3n) is 6.35. The number of fused-ring (bicyclic) bond motifs is 2. The van der Waals surface area contributed by atoms with Crippen molar-refractivity contribution in [3.63, 3.8) is 0 Å². The van der Waals surface area contributed by atoms with Gasteiger partial charge in [-0.05, 0) is 51.2 Å². The summed E-state index contributed by atoms with van der Waals surface area (Å²) < 4.78 is 7.35. The minimum absolute atomic E-state index is 0.164. The Labute approximate surface area is 217 Å². The Kier molecular flexibility index (Phi) is 7.43. The number of H-pyrrole nitrogens is 1. The molecule has 0 unspecified atom stereocenters. The number of rotatable bonds is 8. The Morgan fingerprint density at radius 1 is 1.17 bits per heavy atom. The zero-order valence-corrected chi connectivity index (χ0v) is 22.1. The molecule has 0 spiro atoms. The molecule has 0 fully saturated rings. The van der Waals surface area contributed by atoms with Gasteiger partial charge in [0.15, 0.2) is 11.0 Å². The number of thiophene rings is 1. The third kappa shape index (κ3) is 4.79. The lowest BCUT2D eigenvalue weighted by Crippen LogP contribution is -2.17. The van der Waals surface area contributed by atoms with E-state index in [9.17, 15) is 9.59 Å². The first kappa shape index (κ1) is 24.6. The average Bonchev–Trinajstić information content (AvgIpc) is 3.53. The molecule has 0 atom stereocenters. The van der Waals surface area contributed by atoms with E-state index in [2.05, 4.69) is 26.6 Å². The molecule has 0 saturated carbocycles. The fourth-order valence-electron chi connectivity index (χ4n) is 4.68. The predicted molar refractivity (Wildman–Crippen MR) is 144 cm³/mol. The standard InChI is InChI=1S/C26H29N5O3S2/c1-3-31-23(18-14-27-19-12-9-8-10-16(18)19)29-30-26(31)35-15-21(32)28-24-22(25(33)34-4-2)17-11-6-5-7-13-20(17)36-24/h8-10,12,14,27H,3-7,11,13,15H2,1-2H3,(H,28,32). The second kappa shape index (κ2) is 10.9. The first-order valence-electron chi connectivity index (χ1n) is 12.3. The molecular formula is C26H29N5O3S2. The Hall–Kier alpha value is -3.11. The van der Waals surface area contributed by atoms with Crippen molar-refractivity contribution < 1.29 is 14.3 Å². The van der Waals surface area contributed by atoms with Crippen molar-refractivity contribution in [1.82, 2.24) is 19.7 Å². The molecule has 1 amide bonds. The number of aromatic nitrogens is 4. The Bertz CT molecular complexity index is 1400. The van der Waals surface area contributed by atoms with Gasteiger partial charge in [0.2, 0.25) is 5.91 Å². The van der Waals surface area contributed by atoms with Crippen molar-refractivity contribution >= 4 is 50.9 Å². The van der Waals surface area contributed by atoms with Crippen molar-refractivity contribution in [3.8, 4) is 11.4 Å². The number of anilines is 1. The van der Waals surface area contributed by atoms with Gasteiger partial charge in [0.25, 0.3) is 0 Å². The number of nitrogens with zero attached hydrogens (tertiary/aromatic N) is 3. The lowest BCUT2D eigenvalue weighted by molar-refractivity contribution is -0.113. The van der Waals surface area contributed by atoms with E-state index in [0.717, 1.165) is 60.0 Å². The van der Waals surface area contributed by atoms with E-state index in [-0.39, 0.29) is 17.6 Å². The SMILES string of the molecule is CCOC(=O)c1c(NC(=O)CSc2nnc(-c3c[nH]c4ccccc34)n2CC)sc2c1CCCCC2.